The van der Waals surface area contributed by atoms with Gasteiger partial charge in [-0.3, -0.25) is 0 Å². The molecule has 0 aliphatic rings. The molecule has 0 fully saturated rings. The summed E-state index contributed by atoms with van der Waals surface area (Å²) >= 11 is 0. The van der Waals surface area contributed by atoms with Gasteiger partial charge in [0.1, 0.15) is 11.5 Å². The molecule has 0 spiro atoms. The molecule has 0 unspecified atom stereocenters. The molecule has 0 radical (unpaired) electrons. The summed E-state index contributed by atoms with van der Waals surface area (Å²) in [5.41, 5.74) is 3.92. The first-order valence-corrected chi connectivity index (χ1v) is 6.29. The van der Waals surface area contributed by atoms with E-state index in [0.717, 1.165) is 40.2 Å². The quantitative estimate of drug-likeness (QED) is 0.790. The minimum Gasteiger partial charge on any atom is -0.497 e. The normalized spacial score (nSPS) is 10.7. The van der Waals surface area contributed by atoms with E-state index < -0.39 is 0 Å². The number of imidazole rings is 1. The lowest BCUT2D eigenvalue weighted by Gasteiger charge is -2.10. The lowest BCUT2D eigenvalue weighted by atomic mass is 10.0. The molecule has 2 aromatic heterocycles. The molecular formula is C15H15N3O2. The second-order valence-corrected chi connectivity index (χ2v) is 4.43. The summed E-state index contributed by atoms with van der Waals surface area (Å²) in [6.45, 7) is 0. The van der Waals surface area contributed by atoms with Crippen LogP contribution in [0.4, 0.5) is 0 Å². The van der Waals surface area contributed by atoms with E-state index >= 15 is 0 Å². The lowest BCUT2D eigenvalue weighted by molar-refractivity contribution is 0.391. The van der Waals surface area contributed by atoms with Crippen molar-refractivity contribution in [2.45, 2.75) is 6.42 Å². The predicted octanol–water partition coefficient (Wildman–Crippen LogP) is 2.57. The first kappa shape index (κ1) is 12.5. The van der Waals surface area contributed by atoms with E-state index in [9.17, 15) is 0 Å². The monoisotopic (exact) mass is 269 g/mol. The first-order valence-electron chi connectivity index (χ1n) is 6.29. The number of pyridine rings is 1. The molecule has 5 nitrogen and oxygen atoms in total. The van der Waals surface area contributed by atoms with E-state index in [4.69, 9.17) is 9.47 Å². The molecule has 0 saturated heterocycles. The van der Waals surface area contributed by atoms with Crippen LogP contribution in [0, 0.1) is 0 Å². The average Bonchev–Trinajstić information content (AvgIpc) is 2.97. The number of aromatic nitrogens is 3. The minimum absolute atomic E-state index is 0.731. The summed E-state index contributed by atoms with van der Waals surface area (Å²) in [5.74, 6) is 1.60. The smallest absolute Gasteiger partial charge is 0.177 e. The van der Waals surface area contributed by atoms with E-state index in [-0.39, 0.29) is 0 Å². The number of hydrogen-bond donors (Lipinski definition) is 1. The highest BCUT2D eigenvalue weighted by atomic mass is 16.5. The standard InChI is InChI=1S/C15H15N3O2/c1-19-12-4-3-10(13(8-12)20-2)7-11-5-6-16-15-14(11)17-9-18-15/h3-6,8-9H,7H2,1-2H3,(H,16,17,18). The van der Waals surface area contributed by atoms with Gasteiger partial charge in [0.2, 0.25) is 0 Å². The molecule has 2 heterocycles. The zero-order valence-electron chi connectivity index (χ0n) is 11.4. The Kier molecular flexibility index (Phi) is 3.25. The molecule has 0 aliphatic carbocycles. The maximum atomic E-state index is 5.43. The van der Waals surface area contributed by atoms with Gasteiger partial charge in [-0.25, -0.2) is 9.97 Å². The fourth-order valence-electron chi connectivity index (χ4n) is 2.25. The number of fused-ring (bicyclic) bond motifs is 1. The predicted molar refractivity (Wildman–Crippen MR) is 76.2 cm³/mol. The van der Waals surface area contributed by atoms with Crippen LogP contribution in [0.5, 0.6) is 11.5 Å². The van der Waals surface area contributed by atoms with Crippen molar-refractivity contribution in [3.05, 3.63) is 47.9 Å². The summed E-state index contributed by atoms with van der Waals surface area (Å²) in [6.07, 6.45) is 4.18. The van der Waals surface area contributed by atoms with Gasteiger partial charge in [0.05, 0.1) is 26.1 Å². The second-order valence-electron chi connectivity index (χ2n) is 4.43. The van der Waals surface area contributed by atoms with E-state index in [1.807, 2.05) is 24.3 Å². The minimum atomic E-state index is 0.731. The number of hydrogen-bond acceptors (Lipinski definition) is 4. The molecule has 0 amide bonds. The number of rotatable bonds is 4. The first-order chi connectivity index (χ1) is 9.81. The van der Waals surface area contributed by atoms with Crippen molar-refractivity contribution in [3.63, 3.8) is 0 Å². The fourth-order valence-corrected chi connectivity index (χ4v) is 2.25. The van der Waals surface area contributed by atoms with E-state index in [1.54, 1.807) is 26.7 Å². The molecule has 0 saturated carbocycles. The third-order valence-corrected chi connectivity index (χ3v) is 3.29. The molecule has 1 N–H and O–H groups in total. The van der Waals surface area contributed by atoms with Gasteiger partial charge in [0.15, 0.2) is 5.65 Å². The number of methoxy groups -OCH3 is 2. The third-order valence-electron chi connectivity index (χ3n) is 3.29. The Bertz CT molecular complexity index is 737. The molecule has 3 aromatic rings. The van der Waals surface area contributed by atoms with Crippen LogP contribution in [0.2, 0.25) is 0 Å². The van der Waals surface area contributed by atoms with Gasteiger partial charge in [0.25, 0.3) is 0 Å². The van der Waals surface area contributed by atoms with Crippen LogP contribution in [0.15, 0.2) is 36.8 Å². The highest BCUT2D eigenvalue weighted by molar-refractivity contribution is 5.74. The highest BCUT2D eigenvalue weighted by Crippen LogP contribution is 2.27. The van der Waals surface area contributed by atoms with Crippen LogP contribution in [0.3, 0.4) is 0 Å². The van der Waals surface area contributed by atoms with Gasteiger partial charge in [0, 0.05) is 18.7 Å². The maximum absolute atomic E-state index is 5.43. The molecule has 0 bridgehead atoms. The number of ether oxygens (including phenoxy) is 2. The van der Waals surface area contributed by atoms with E-state index in [0.29, 0.717) is 0 Å². The lowest BCUT2D eigenvalue weighted by Crippen LogP contribution is -1.96. The van der Waals surface area contributed by atoms with Crippen molar-refractivity contribution in [1.82, 2.24) is 15.0 Å². The number of benzene rings is 1. The molecule has 102 valence electrons. The Labute approximate surface area is 116 Å². The van der Waals surface area contributed by atoms with Crippen LogP contribution in [-0.4, -0.2) is 29.2 Å². The van der Waals surface area contributed by atoms with Crippen molar-refractivity contribution < 1.29 is 9.47 Å². The molecule has 5 heteroatoms. The number of nitrogens with one attached hydrogen (secondary N) is 1. The van der Waals surface area contributed by atoms with Crippen molar-refractivity contribution in [1.29, 1.82) is 0 Å². The summed E-state index contributed by atoms with van der Waals surface area (Å²) in [7, 11) is 3.31. The van der Waals surface area contributed by atoms with Crippen LogP contribution >= 0.6 is 0 Å². The largest absolute Gasteiger partial charge is 0.497 e. The van der Waals surface area contributed by atoms with Gasteiger partial charge in [-0.1, -0.05) is 6.07 Å². The van der Waals surface area contributed by atoms with Crippen molar-refractivity contribution in [3.8, 4) is 11.5 Å². The van der Waals surface area contributed by atoms with E-state index in [2.05, 4.69) is 15.0 Å². The van der Waals surface area contributed by atoms with Gasteiger partial charge in [-0.15, -0.1) is 0 Å². The molecule has 3 rings (SSSR count). The maximum Gasteiger partial charge on any atom is 0.177 e. The van der Waals surface area contributed by atoms with Crippen molar-refractivity contribution in [2.75, 3.05) is 14.2 Å². The summed E-state index contributed by atoms with van der Waals surface area (Å²) in [6, 6.07) is 7.83. The topological polar surface area (TPSA) is 60.0 Å². The number of nitrogens with zero attached hydrogens (tertiary/aromatic N) is 2. The van der Waals surface area contributed by atoms with Gasteiger partial charge >= 0.3 is 0 Å². The second kappa shape index (κ2) is 5.21. The Morgan fingerprint density at radius 2 is 1.95 bits per heavy atom. The summed E-state index contributed by atoms with van der Waals surface area (Å²) < 4.78 is 10.6. The Morgan fingerprint density at radius 3 is 2.75 bits per heavy atom. The molecule has 1 aromatic carbocycles. The van der Waals surface area contributed by atoms with Gasteiger partial charge in [-0.05, 0) is 23.3 Å². The average molecular weight is 269 g/mol. The van der Waals surface area contributed by atoms with E-state index in [1.165, 1.54) is 0 Å². The van der Waals surface area contributed by atoms with Crippen molar-refractivity contribution >= 4 is 11.2 Å². The van der Waals surface area contributed by atoms with Crippen LogP contribution < -0.4 is 9.47 Å². The zero-order valence-corrected chi connectivity index (χ0v) is 11.4. The molecule has 0 atom stereocenters. The Morgan fingerprint density at radius 1 is 1.05 bits per heavy atom. The summed E-state index contributed by atoms with van der Waals surface area (Å²) in [4.78, 5) is 11.5. The Hall–Kier alpha value is -2.56. The van der Waals surface area contributed by atoms with Gasteiger partial charge in [-0.2, -0.15) is 0 Å². The molecular weight excluding hydrogens is 254 g/mol. The zero-order chi connectivity index (χ0) is 13.9. The number of aromatic amines is 1. The van der Waals surface area contributed by atoms with Gasteiger partial charge < -0.3 is 14.5 Å². The highest BCUT2D eigenvalue weighted by Gasteiger charge is 2.09. The molecule has 20 heavy (non-hydrogen) atoms. The molecule has 0 aliphatic heterocycles. The van der Waals surface area contributed by atoms with Crippen molar-refractivity contribution in [2.24, 2.45) is 0 Å². The number of H-pyrrole nitrogens is 1. The van der Waals surface area contributed by atoms with Crippen LogP contribution in [0.25, 0.3) is 11.2 Å². The third kappa shape index (κ3) is 2.18. The Balaban J connectivity index is 2.00. The SMILES string of the molecule is COc1ccc(Cc2ccnc3nc[nH]c23)c(OC)c1. The summed E-state index contributed by atoms with van der Waals surface area (Å²) in [5, 5.41) is 0. The van der Waals surface area contributed by atoms with Crippen LogP contribution in [0.1, 0.15) is 11.1 Å². The van der Waals surface area contributed by atoms with Crippen LogP contribution in [-0.2, 0) is 6.42 Å². The fraction of sp³-hybridized carbons (Fsp3) is 0.200.